The van der Waals surface area contributed by atoms with Gasteiger partial charge in [0.2, 0.25) is 0 Å². The normalized spacial score (nSPS) is 33.0. The highest BCUT2D eigenvalue weighted by molar-refractivity contribution is 5.00. The lowest BCUT2D eigenvalue weighted by molar-refractivity contribution is 0.0426. The van der Waals surface area contributed by atoms with Crippen LogP contribution in [-0.4, -0.2) is 37.1 Å². The minimum Gasteiger partial charge on any atom is -0.312 e. The van der Waals surface area contributed by atoms with Gasteiger partial charge in [0.1, 0.15) is 0 Å². The van der Waals surface area contributed by atoms with Gasteiger partial charge >= 0.3 is 0 Å². The van der Waals surface area contributed by atoms with E-state index in [1.54, 1.807) is 0 Å². The average Bonchev–Trinajstić information content (AvgIpc) is 2.27. The SMILES string of the molecule is CCNC(CC)C1(N(C)C)CCC(C)CC1. The fraction of sp³-hybridized carbons (Fsp3) is 1.00. The zero-order valence-electron chi connectivity index (χ0n) is 11.8. The summed E-state index contributed by atoms with van der Waals surface area (Å²) in [5, 5.41) is 3.70. The highest BCUT2D eigenvalue weighted by Crippen LogP contribution is 2.38. The molecule has 1 atom stereocenters. The molecule has 0 aliphatic heterocycles. The minimum absolute atomic E-state index is 0.400. The van der Waals surface area contributed by atoms with Gasteiger partial charge in [-0.05, 0) is 58.7 Å². The quantitative estimate of drug-likeness (QED) is 0.775. The van der Waals surface area contributed by atoms with Gasteiger partial charge in [0.05, 0.1) is 0 Å². The molecule has 1 N–H and O–H groups in total. The molecule has 1 aliphatic rings. The molecule has 1 saturated carbocycles. The Hall–Kier alpha value is -0.0800. The maximum absolute atomic E-state index is 3.70. The van der Waals surface area contributed by atoms with Crippen molar-refractivity contribution in [2.45, 2.75) is 64.5 Å². The number of rotatable bonds is 5. The Morgan fingerprint density at radius 2 is 1.81 bits per heavy atom. The number of hydrogen-bond donors (Lipinski definition) is 1. The molecule has 96 valence electrons. The summed E-state index contributed by atoms with van der Waals surface area (Å²) in [5.74, 6) is 0.923. The van der Waals surface area contributed by atoms with Gasteiger partial charge in [0.15, 0.2) is 0 Å². The summed E-state index contributed by atoms with van der Waals surface area (Å²) in [4.78, 5) is 2.48. The zero-order valence-corrected chi connectivity index (χ0v) is 11.8. The summed E-state index contributed by atoms with van der Waals surface area (Å²) in [5.41, 5.74) is 0.400. The molecule has 0 aromatic carbocycles. The first-order chi connectivity index (χ1) is 7.56. The maximum atomic E-state index is 3.70. The molecule has 0 bridgehead atoms. The maximum Gasteiger partial charge on any atom is 0.0356 e. The van der Waals surface area contributed by atoms with Crippen LogP contribution >= 0.6 is 0 Å². The zero-order chi connectivity index (χ0) is 12.2. The van der Waals surface area contributed by atoms with Crippen LogP contribution in [-0.2, 0) is 0 Å². The Balaban J connectivity index is 2.78. The molecule has 0 spiro atoms. The smallest absolute Gasteiger partial charge is 0.0356 e. The molecule has 0 heterocycles. The third kappa shape index (κ3) is 2.78. The summed E-state index contributed by atoms with van der Waals surface area (Å²) in [6.45, 7) is 8.02. The molecule has 1 fully saturated rings. The van der Waals surface area contributed by atoms with E-state index in [0.29, 0.717) is 11.6 Å². The summed E-state index contributed by atoms with van der Waals surface area (Å²) < 4.78 is 0. The Kier molecular flexibility index (Phi) is 5.26. The second-order valence-corrected chi connectivity index (χ2v) is 5.70. The third-order valence-electron chi connectivity index (χ3n) is 4.54. The molecule has 0 radical (unpaired) electrons. The summed E-state index contributed by atoms with van der Waals surface area (Å²) in [7, 11) is 4.52. The van der Waals surface area contributed by atoms with E-state index in [1.807, 2.05) is 0 Å². The standard InChI is InChI=1S/C14H30N2/c1-6-13(15-7-2)14(16(4)5)10-8-12(3)9-11-14/h12-13,15H,6-11H2,1-5H3. The molecule has 0 aromatic heterocycles. The Morgan fingerprint density at radius 1 is 1.25 bits per heavy atom. The van der Waals surface area contributed by atoms with E-state index in [9.17, 15) is 0 Å². The van der Waals surface area contributed by atoms with Crippen LogP contribution < -0.4 is 5.32 Å². The molecule has 1 unspecified atom stereocenters. The van der Waals surface area contributed by atoms with Gasteiger partial charge in [-0.1, -0.05) is 20.8 Å². The molecular formula is C14H30N2. The molecule has 2 heteroatoms. The lowest BCUT2D eigenvalue weighted by Crippen LogP contribution is -2.60. The Labute approximate surface area is 102 Å². The van der Waals surface area contributed by atoms with Crippen LogP contribution in [0.5, 0.6) is 0 Å². The van der Waals surface area contributed by atoms with E-state index in [0.717, 1.165) is 12.5 Å². The van der Waals surface area contributed by atoms with Crippen molar-refractivity contribution in [2.75, 3.05) is 20.6 Å². The van der Waals surface area contributed by atoms with Gasteiger partial charge < -0.3 is 10.2 Å². The fourth-order valence-corrected chi connectivity index (χ4v) is 3.33. The van der Waals surface area contributed by atoms with Crippen LogP contribution in [0.4, 0.5) is 0 Å². The molecule has 0 amide bonds. The van der Waals surface area contributed by atoms with E-state index in [-0.39, 0.29) is 0 Å². The first-order valence-electron chi connectivity index (χ1n) is 6.97. The summed E-state index contributed by atoms with van der Waals surface area (Å²) in [6.07, 6.45) is 6.72. The van der Waals surface area contributed by atoms with E-state index in [1.165, 1.54) is 32.1 Å². The Morgan fingerprint density at radius 3 is 2.19 bits per heavy atom. The first kappa shape index (κ1) is 14.0. The lowest BCUT2D eigenvalue weighted by Gasteiger charge is -2.50. The number of nitrogens with zero attached hydrogens (tertiary/aromatic N) is 1. The summed E-state index contributed by atoms with van der Waals surface area (Å²) >= 11 is 0. The van der Waals surface area contributed by atoms with Gasteiger partial charge in [-0.25, -0.2) is 0 Å². The number of nitrogens with one attached hydrogen (secondary N) is 1. The predicted molar refractivity (Wildman–Crippen MR) is 71.8 cm³/mol. The van der Waals surface area contributed by atoms with Crippen LogP contribution in [0, 0.1) is 5.92 Å². The first-order valence-corrected chi connectivity index (χ1v) is 6.97. The Bertz CT molecular complexity index is 193. The molecule has 1 rings (SSSR count). The molecule has 1 aliphatic carbocycles. The highest BCUT2D eigenvalue weighted by Gasteiger charge is 2.41. The van der Waals surface area contributed by atoms with Crippen LogP contribution in [0.15, 0.2) is 0 Å². The fourth-order valence-electron chi connectivity index (χ4n) is 3.33. The van der Waals surface area contributed by atoms with Crippen molar-refractivity contribution in [3.63, 3.8) is 0 Å². The lowest BCUT2D eigenvalue weighted by atomic mass is 9.71. The van der Waals surface area contributed by atoms with Gasteiger partial charge in [-0.2, -0.15) is 0 Å². The average molecular weight is 226 g/mol. The van der Waals surface area contributed by atoms with Crippen molar-refractivity contribution in [3.8, 4) is 0 Å². The third-order valence-corrected chi connectivity index (χ3v) is 4.54. The number of hydrogen-bond acceptors (Lipinski definition) is 2. The van der Waals surface area contributed by atoms with Gasteiger partial charge in [0, 0.05) is 11.6 Å². The van der Waals surface area contributed by atoms with Crippen molar-refractivity contribution >= 4 is 0 Å². The molecule has 2 nitrogen and oxygen atoms in total. The van der Waals surface area contributed by atoms with Crippen molar-refractivity contribution in [1.82, 2.24) is 10.2 Å². The van der Waals surface area contributed by atoms with Gasteiger partial charge in [-0.15, -0.1) is 0 Å². The van der Waals surface area contributed by atoms with Crippen LogP contribution in [0.25, 0.3) is 0 Å². The monoisotopic (exact) mass is 226 g/mol. The van der Waals surface area contributed by atoms with Crippen LogP contribution in [0.1, 0.15) is 52.9 Å². The topological polar surface area (TPSA) is 15.3 Å². The van der Waals surface area contributed by atoms with E-state index < -0.39 is 0 Å². The van der Waals surface area contributed by atoms with E-state index in [4.69, 9.17) is 0 Å². The van der Waals surface area contributed by atoms with Crippen LogP contribution in [0.3, 0.4) is 0 Å². The van der Waals surface area contributed by atoms with Crippen LogP contribution in [0.2, 0.25) is 0 Å². The molecule has 16 heavy (non-hydrogen) atoms. The highest BCUT2D eigenvalue weighted by atomic mass is 15.2. The van der Waals surface area contributed by atoms with E-state index in [2.05, 4.69) is 45.1 Å². The molecule has 0 aromatic rings. The second-order valence-electron chi connectivity index (χ2n) is 5.70. The van der Waals surface area contributed by atoms with Crippen molar-refractivity contribution in [1.29, 1.82) is 0 Å². The molecule has 0 saturated heterocycles. The summed E-state index contributed by atoms with van der Waals surface area (Å²) in [6, 6.07) is 0.653. The van der Waals surface area contributed by atoms with E-state index >= 15 is 0 Å². The van der Waals surface area contributed by atoms with Crippen molar-refractivity contribution in [3.05, 3.63) is 0 Å². The second kappa shape index (κ2) is 6.02. The van der Waals surface area contributed by atoms with Gasteiger partial charge in [0.25, 0.3) is 0 Å². The largest absolute Gasteiger partial charge is 0.312 e. The minimum atomic E-state index is 0.400. The number of likely N-dealkylation sites (N-methyl/N-ethyl adjacent to an activating group) is 2. The van der Waals surface area contributed by atoms with Crippen molar-refractivity contribution < 1.29 is 0 Å². The van der Waals surface area contributed by atoms with Gasteiger partial charge in [-0.3, -0.25) is 0 Å². The molecular weight excluding hydrogens is 196 g/mol. The predicted octanol–water partition coefficient (Wildman–Crippen LogP) is 2.89. The van der Waals surface area contributed by atoms with Crippen molar-refractivity contribution in [2.24, 2.45) is 5.92 Å².